The number of carbonyl (C=O) groups excluding carboxylic acids is 2. The van der Waals surface area contributed by atoms with Gasteiger partial charge in [0.05, 0.1) is 0 Å². The van der Waals surface area contributed by atoms with Crippen LogP contribution in [0, 0.1) is 0 Å². The molecule has 0 amide bonds. The van der Waals surface area contributed by atoms with Gasteiger partial charge in [-0.2, -0.15) is 0 Å². The molecule has 0 aliphatic rings. The minimum absolute atomic E-state index is 0.128. The number of rotatable bonds is 23. The van der Waals surface area contributed by atoms with Crippen molar-refractivity contribution in [1.82, 2.24) is 0 Å². The molecule has 0 atom stereocenters. The zero-order chi connectivity index (χ0) is 23.0. The molecule has 0 aliphatic carbocycles. The third kappa shape index (κ3) is 23.6. The summed E-state index contributed by atoms with van der Waals surface area (Å²) < 4.78 is 10.4. The van der Waals surface area contributed by atoms with Gasteiger partial charge in [0.2, 0.25) is 0 Å². The number of carbonyl (C=O) groups is 2. The second-order valence-corrected chi connectivity index (χ2v) is 9.36. The predicted molar refractivity (Wildman–Crippen MR) is 134 cm³/mol. The lowest BCUT2D eigenvalue weighted by atomic mass is 10.0. The van der Waals surface area contributed by atoms with E-state index in [0.717, 1.165) is 37.4 Å². The van der Waals surface area contributed by atoms with E-state index in [-0.39, 0.29) is 25.2 Å². The lowest BCUT2D eigenvalue weighted by Crippen LogP contribution is -2.12. The maximum Gasteiger partial charge on any atom is 0.306 e. The lowest BCUT2D eigenvalue weighted by Gasteiger charge is -2.09. The van der Waals surface area contributed by atoms with Crippen LogP contribution in [0.25, 0.3) is 0 Å². The summed E-state index contributed by atoms with van der Waals surface area (Å²) in [5, 5.41) is 0.962. The monoisotopic (exact) mass is 502 g/mol. The molecule has 0 aromatic heterocycles. The number of hydrogen-bond donors (Lipinski definition) is 0. The van der Waals surface area contributed by atoms with E-state index in [1.54, 1.807) is 0 Å². The van der Waals surface area contributed by atoms with Crippen LogP contribution >= 0.6 is 15.9 Å². The fourth-order valence-corrected chi connectivity index (χ4v) is 3.78. The SMILES string of the molecule is C=C(COC(=O)CCCCCBr)COC(=O)CCCCCCCCCCCCCCC. The Morgan fingerprint density at radius 3 is 1.35 bits per heavy atom. The van der Waals surface area contributed by atoms with E-state index in [1.165, 1.54) is 70.6 Å². The highest BCUT2D eigenvalue weighted by molar-refractivity contribution is 9.09. The van der Waals surface area contributed by atoms with E-state index in [1.807, 2.05) is 0 Å². The predicted octanol–water partition coefficient (Wildman–Crippen LogP) is 8.07. The minimum atomic E-state index is -0.214. The number of hydrogen-bond acceptors (Lipinski definition) is 4. The number of alkyl halides is 1. The summed E-state index contributed by atoms with van der Waals surface area (Å²) in [5.74, 6) is -0.403. The first-order valence-electron chi connectivity index (χ1n) is 12.6. The molecule has 4 nitrogen and oxygen atoms in total. The molecule has 0 aromatic carbocycles. The zero-order valence-corrected chi connectivity index (χ0v) is 21.7. The van der Waals surface area contributed by atoms with Gasteiger partial charge in [0, 0.05) is 18.2 Å². The molecule has 182 valence electrons. The number of esters is 2. The van der Waals surface area contributed by atoms with Gasteiger partial charge in [0.25, 0.3) is 0 Å². The van der Waals surface area contributed by atoms with Gasteiger partial charge in [-0.25, -0.2) is 0 Å². The molecule has 0 heterocycles. The lowest BCUT2D eigenvalue weighted by molar-refractivity contribution is -0.144. The van der Waals surface area contributed by atoms with Crippen molar-refractivity contribution in [1.29, 1.82) is 0 Å². The first kappa shape index (κ1) is 30.2. The summed E-state index contributed by atoms with van der Waals surface area (Å²) in [5.41, 5.74) is 0.618. The summed E-state index contributed by atoms with van der Waals surface area (Å²) in [6, 6.07) is 0. The average molecular weight is 504 g/mol. The van der Waals surface area contributed by atoms with Crippen molar-refractivity contribution in [3.05, 3.63) is 12.2 Å². The number of unbranched alkanes of at least 4 members (excludes halogenated alkanes) is 14. The van der Waals surface area contributed by atoms with Gasteiger partial charge in [-0.15, -0.1) is 0 Å². The average Bonchev–Trinajstić information content (AvgIpc) is 2.77. The van der Waals surface area contributed by atoms with Crippen molar-refractivity contribution in [2.24, 2.45) is 0 Å². The second-order valence-electron chi connectivity index (χ2n) is 8.56. The molecule has 31 heavy (non-hydrogen) atoms. The summed E-state index contributed by atoms with van der Waals surface area (Å²) in [6.45, 7) is 6.34. The van der Waals surface area contributed by atoms with Crippen LogP contribution in [0.1, 0.15) is 122 Å². The van der Waals surface area contributed by atoms with Crippen molar-refractivity contribution in [3.63, 3.8) is 0 Å². The van der Waals surface area contributed by atoms with Gasteiger partial charge in [0.1, 0.15) is 13.2 Å². The maximum atomic E-state index is 11.8. The summed E-state index contributed by atoms with van der Waals surface area (Å²) in [7, 11) is 0. The molecule has 0 saturated heterocycles. The fraction of sp³-hybridized carbons (Fsp3) is 0.846. The highest BCUT2D eigenvalue weighted by atomic mass is 79.9. The van der Waals surface area contributed by atoms with Crippen LogP contribution in [-0.2, 0) is 19.1 Å². The Kier molecular flexibility index (Phi) is 23.2. The molecular formula is C26H47BrO4. The van der Waals surface area contributed by atoms with Crippen LogP contribution in [0.2, 0.25) is 0 Å². The molecule has 0 bridgehead atoms. The Morgan fingerprint density at radius 2 is 0.968 bits per heavy atom. The first-order valence-corrected chi connectivity index (χ1v) is 13.8. The van der Waals surface area contributed by atoms with Gasteiger partial charge < -0.3 is 9.47 Å². The van der Waals surface area contributed by atoms with E-state index in [4.69, 9.17) is 9.47 Å². The summed E-state index contributed by atoms with van der Waals surface area (Å²) in [6.07, 6.45) is 20.6. The molecule has 0 radical (unpaired) electrons. The van der Waals surface area contributed by atoms with Gasteiger partial charge >= 0.3 is 11.9 Å². The standard InChI is InChI=1S/C26H47BrO4/c1-3-4-5-6-7-8-9-10-11-12-13-14-16-19-25(28)30-22-24(2)23-31-26(29)20-17-15-18-21-27/h2-23H2,1H3. The van der Waals surface area contributed by atoms with Gasteiger partial charge in [0.15, 0.2) is 0 Å². The fourth-order valence-electron chi connectivity index (χ4n) is 3.38. The van der Waals surface area contributed by atoms with Crippen LogP contribution in [0.15, 0.2) is 12.2 Å². The quantitative estimate of drug-likeness (QED) is 0.0612. The van der Waals surface area contributed by atoms with Crippen molar-refractivity contribution < 1.29 is 19.1 Å². The number of ether oxygens (including phenoxy) is 2. The van der Waals surface area contributed by atoms with Gasteiger partial charge in [-0.1, -0.05) is 113 Å². The molecule has 0 aromatic rings. The topological polar surface area (TPSA) is 52.6 Å². The molecule has 0 saturated carbocycles. The largest absolute Gasteiger partial charge is 0.461 e. The van der Waals surface area contributed by atoms with E-state index in [0.29, 0.717) is 18.4 Å². The molecule has 0 rings (SSSR count). The smallest absolute Gasteiger partial charge is 0.306 e. The Hall–Kier alpha value is -0.840. The normalized spacial score (nSPS) is 10.8. The first-order chi connectivity index (χ1) is 15.1. The highest BCUT2D eigenvalue weighted by Crippen LogP contribution is 2.13. The van der Waals surface area contributed by atoms with E-state index in [2.05, 4.69) is 29.4 Å². The van der Waals surface area contributed by atoms with E-state index in [9.17, 15) is 9.59 Å². The molecule has 0 aliphatic heterocycles. The van der Waals surface area contributed by atoms with Crippen molar-refractivity contribution in [3.8, 4) is 0 Å². The summed E-state index contributed by atoms with van der Waals surface area (Å²) >= 11 is 3.37. The zero-order valence-electron chi connectivity index (χ0n) is 20.1. The molecule has 5 heteroatoms. The van der Waals surface area contributed by atoms with Gasteiger partial charge in [-0.3, -0.25) is 9.59 Å². The van der Waals surface area contributed by atoms with Crippen molar-refractivity contribution in [2.45, 2.75) is 122 Å². The Bertz CT molecular complexity index is 451. The summed E-state index contributed by atoms with van der Waals surface area (Å²) in [4.78, 5) is 23.4. The Balaban J connectivity index is 3.40. The third-order valence-corrected chi connectivity index (χ3v) is 5.93. The van der Waals surface area contributed by atoms with Crippen LogP contribution in [-0.4, -0.2) is 30.5 Å². The van der Waals surface area contributed by atoms with Gasteiger partial charge in [-0.05, 0) is 24.8 Å². The molecular weight excluding hydrogens is 456 g/mol. The van der Waals surface area contributed by atoms with Crippen LogP contribution in [0.5, 0.6) is 0 Å². The maximum absolute atomic E-state index is 11.8. The van der Waals surface area contributed by atoms with Crippen LogP contribution in [0.3, 0.4) is 0 Å². The Labute approximate surface area is 200 Å². The van der Waals surface area contributed by atoms with E-state index >= 15 is 0 Å². The van der Waals surface area contributed by atoms with E-state index < -0.39 is 0 Å². The Morgan fingerprint density at radius 1 is 0.613 bits per heavy atom. The number of halogens is 1. The molecule has 0 N–H and O–H groups in total. The minimum Gasteiger partial charge on any atom is -0.461 e. The van der Waals surface area contributed by atoms with Crippen molar-refractivity contribution >= 4 is 27.9 Å². The van der Waals surface area contributed by atoms with Crippen LogP contribution < -0.4 is 0 Å². The second kappa shape index (κ2) is 23.8. The van der Waals surface area contributed by atoms with Crippen LogP contribution in [0.4, 0.5) is 0 Å². The molecule has 0 unspecified atom stereocenters. The third-order valence-electron chi connectivity index (χ3n) is 5.37. The highest BCUT2D eigenvalue weighted by Gasteiger charge is 2.07. The molecule has 0 fully saturated rings. The van der Waals surface area contributed by atoms with Crippen molar-refractivity contribution in [2.75, 3.05) is 18.5 Å². The molecule has 0 spiro atoms.